The number of nitrogens with zero attached hydrogens (tertiary/aromatic N) is 2. The van der Waals surface area contributed by atoms with Crippen LogP contribution in [0.2, 0.25) is 0 Å². The number of thioether (sulfide) groups is 1. The van der Waals surface area contributed by atoms with Crippen LogP contribution in [0, 0.1) is 0 Å². The summed E-state index contributed by atoms with van der Waals surface area (Å²) in [5.74, 6) is 0. The molecule has 1 heterocycles. The second-order valence-electron chi connectivity index (χ2n) is 4.34. The molecule has 2 aromatic carbocycles. The highest BCUT2D eigenvalue weighted by Gasteiger charge is 2.19. The zero-order valence-electron chi connectivity index (χ0n) is 10.2. The summed E-state index contributed by atoms with van der Waals surface area (Å²) in [5.41, 5.74) is 3.57. The summed E-state index contributed by atoms with van der Waals surface area (Å²) in [5, 5.41) is 8.59. The van der Waals surface area contributed by atoms with E-state index in [0.717, 1.165) is 12.1 Å². The van der Waals surface area contributed by atoms with E-state index in [9.17, 15) is 0 Å². The molecule has 2 nitrogen and oxygen atoms in total. The minimum absolute atomic E-state index is 0.182. The predicted octanol–water partition coefficient (Wildman–Crippen LogP) is 4.79. The number of hydrogen-bond donors (Lipinski definition) is 0. The summed E-state index contributed by atoms with van der Waals surface area (Å²) < 4.78 is 0. The van der Waals surface area contributed by atoms with Crippen molar-refractivity contribution in [3.05, 3.63) is 59.7 Å². The third-order valence-corrected chi connectivity index (χ3v) is 3.93. The molecule has 0 bridgehead atoms. The van der Waals surface area contributed by atoms with Gasteiger partial charge in [-0.25, -0.2) is 0 Å². The van der Waals surface area contributed by atoms with Crippen LogP contribution in [0.4, 0.5) is 5.69 Å². The number of benzene rings is 2. The fourth-order valence-corrected chi connectivity index (χ4v) is 2.60. The summed E-state index contributed by atoms with van der Waals surface area (Å²) in [6, 6.07) is 17.1. The molecule has 0 aliphatic carbocycles. The minimum atomic E-state index is 0.182. The second kappa shape index (κ2) is 4.94. The lowest BCUT2D eigenvalue weighted by molar-refractivity contribution is 0.719. The molecule has 1 aliphatic rings. The molecule has 1 unspecified atom stereocenters. The highest BCUT2D eigenvalue weighted by molar-refractivity contribution is 7.98. The van der Waals surface area contributed by atoms with E-state index >= 15 is 0 Å². The van der Waals surface area contributed by atoms with Crippen molar-refractivity contribution in [1.82, 2.24) is 0 Å². The smallest absolute Gasteiger partial charge is 0.102 e. The van der Waals surface area contributed by atoms with E-state index in [-0.39, 0.29) is 6.04 Å². The first-order chi connectivity index (χ1) is 8.86. The molecule has 3 heteroatoms. The summed E-state index contributed by atoms with van der Waals surface area (Å²) in [4.78, 5) is 1.30. The second-order valence-corrected chi connectivity index (χ2v) is 5.22. The van der Waals surface area contributed by atoms with Crippen molar-refractivity contribution in [1.29, 1.82) is 0 Å². The number of hydrogen-bond acceptors (Lipinski definition) is 3. The van der Waals surface area contributed by atoms with Crippen molar-refractivity contribution in [2.45, 2.75) is 17.4 Å². The molecule has 0 N–H and O–H groups in total. The van der Waals surface area contributed by atoms with Gasteiger partial charge in [0.25, 0.3) is 0 Å². The molecule has 0 amide bonds. The van der Waals surface area contributed by atoms with E-state index in [2.05, 4.69) is 52.9 Å². The molecule has 2 aromatic rings. The van der Waals surface area contributed by atoms with Crippen LogP contribution < -0.4 is 0 Å². The fraction of sp³-hybridized carbons (Fsp3) is 0.200. The van der Waals surface area contributed by atoms with Crippen LogP contribution in [-0.4, -0.2) is 6.26 Å². The van der Waals surface area contributed by atoms with Gasteiger partial charge in [0, 0.05) is 16.9 Å². The van der Waals surface area contributed by atoms with E-state index in [0.29, 0.717) is 0 Å². The van der Waals surface area contributed by atoms with Gasteiger partial charge in [-0.05, 0) is 30.0 Å². The molecule has 3 rings (SSSR count). The molecule has 0 saturated carbocycles. The lowest BCUT2D eigenvalue weighted by atomic mass is 9.99. The SMILES string of the molecule is CSc1ccc(CC2N=Nc3ccccc32)cc1. The number of fused-ring (bicyclic) bond motifs is 1. The van der Waals surface area contributed by atoms with Crippen LogP contribution in [0.15, 0.2) is 63.7 Å². The van der Waals surface area contributed by atoms with Gasteiger partial charge in [0.1, 0.15) is 6.04 Å². The van der Waals surface area contributed by atoms with Gasteiger partial charge in [0.15, 0.2) is 0 Å². The van der Waals surface area contributed by atoms with Gasteiger partial charge in [-0.2, -0.15) is 10.2 Å². The number of rotatable bonds is 3. The quantitative estimate of drug-likeness (QED) is 0.723. The standard InChI is InChI=1S/C15H14N2S/c1-18-12-8-6-11(7-9-12)10-15-13-4-2-3-5-14(13)16-17-15/h2-9,15H,10H2,1H3. The monoisotopic (exact) mass is 254 g/mol. The van der Waals surface area contributed by atoms with Gasteiger partial charge in [-0.15, -0.1) is 11.8 Å². The molecule has 1 atom stereocenters. The maximum atomic E-state index is 4.36. The molecular formula is C15H14N2S. The molecular weight excluding hydrogens is 240 g/mol. The van der Waals surface area contributed by atoms with Gasteiger partial charge in [-0.1, -0.05) is 30.3 Å². The molecule has 0 saturated heterocycles. The Morgan fingerprint density at radius 3 is 2.61 bits per heavy atom. The Labute approximate surface area is 111 Å². The Hall–Kier alpha value is -1.61. The molecule has 90 valence electrons. The molecule has 0 spiro atoms. The summed E-state index contributed by atoms with van der Waals surface area (Å²) in [6.45, 7) is 0. The van der Waals surface area contributed by atoms with Crippen molar-refractivity contribution in [3.63, 3.8) is 0 Å². The maximum Gasteiger partial charge on any atom is 0.102 e. The van der Waals surface area contributed by atoms with E-state index in [1.165, 1.54) is 16.0 Å². The first-order valence-electron chi connectivity index (χ1n) is 5.99. The molecule has 18 heavy (non-hydrogen) atoms. The molecule has 1 aliphatic heterocycles. The summed E-state index contributed by atoms with van der Waals surface area (Å²) in [7, 11) is 0. The van der Waals surface area contributed by atoms with E-state index < -0.39 is 0 Å². The Kier molecular flexibility index (Phi) is 3.15. The van der Waals surface area contributed by atoms with Gasteiger partial charge in [0.05, 0.1) is 5.69 Å². The van der Waals surface area contributed by atoms with Crippen molar-refractivity contribution >= 4 is 17.4 Å². The largest absolute Gasteiger partial charge is 0.180 e. The van der Waals surface area contributed by atoms with Gasteiger partial charge in [-0.3, -0.25) is 0 Å². The Morgan fingerprint density at radius 2 is 1.83 bits per heavy atom. The molecule has 0 radical (unpaired) electrons. The van der Waals surface area contributed by atoms with Crippen LogP contribution in [-0.2, 0) is 6.42 Å². The van der Waals surface area contributed by atoms with Gasteiger partial charge in [0.2, 0.25) is 0 Å². The van der Waals surface area contributed by atoms with Crippen molar-refractivity contribution in [2.75, 3.05) is 6.26 Å². The van der Waals surface area contributed by atoms with Crippen LogP contribution >= 0.6 is 11.8 Å². The van der Waals surface area contributed by atoms with Crippen molar-refractivity contribution in [2.24, 2.45) is 10.2 Å². The Morgan fingerprint density at radius 1 is 1.06 bits per heavy atom. The van der Waals surface area contributed by atoms with Gasteiger partial charge < -0.3 is 0 Å². The predicted molar refractivity (Wildman–Crippen MR) is 75.6 cm³/mol. The third kappa shape index (κ3) is 2.18. The Balaban J connectivity index is 1.80. The van der Waals surface area contributed by atoms with Crippen LogP contribution in [0.25, 0.3) is 0 Å². The van der Waals surface area contributed by atoms with E-state index in [4.69, 9.17) is 0 Å². The highest BCUT2D eigenvalue weighted by Crippen LogP contribution is 2.37. The average molecular weight is 254 g/mol. The minimum Gasteiger partial charge on any atom is -0.180 e. The summed E-state index contributed by atoms with van der Waals surface area (Å²) >= 11 is 1.77. The lowest BCUT2D eigenvalue weighted by Gasteiger charge is -2.08. The van der Waals surface area contributed by atoms with Gasteiger partial charge >= 0.3 is 0 Å². The normalized spacial score (nSPS) is 16.8. The van der Waals surface area contributed by atoms with Crippen LogP contribution in [0.5, 0.6) is 0 Å². The van der Waals surface area contributed by atoms with E-state index in [1.54, 1.807) is 11.8 Å². The molecule has 0 fully saturated rings. The van der Waals surface area contributed by atoms with E-state index in [1.807, 2.05) is 12.1 Å². The fourth-order valence-electron chi connectivity index (χ4n) is 2.19. The highest BCUT2D eigenvalue weighted by atomic mass is 32.2. The third-order valence-electron chi connectivity index (χ3n) is 3.19. The summed E-state index contributed by atoms with van der Waals surface area (Å²) in [6.07, 6.45) is 3.02. The van der Waals surface area contributed by atoms with Crippen molar-refractivity contribution in [3.8, 4) is 0 Å². The molecule has 0 aromatic heterocycles. The first-order valence-corrected chi connectivity index (χ1v) is 7.22. The number of azo groups is 1. The zero-order valence-corrected chi connectivity index (χ0v) is 11.0. The Bertz CT molecular complexity index is 575. The topological polar surface area (TPSA) is 24.7 Å². The maximum absolute atomic E-state index is 4.36. The average Bonchev–Trinajstić information content (AvgIpc) is 2.83. The van der Waals surface area contributed by atoms with Crippen LogP contribution in [0.1, 0.15) is 17.2 Å². The first kappa shape index (κ1) is 11.5. The zero-order chi connectivity index (χ0) is 12.4. The van der Waals surface area contributed by atoms with Crippen molar-refractivity contribution < 1.29 is 0 Å². The van der Waals surface area contributed by atoms with Crippen LogP contribution in [0.3, 0.4) is 0 Å². The lowest BCUT2D eigenvalue weighted by Crippen LogP contribution is -1.96.